The zero-order valence-electron chi connectivity index (χ0n) is 11.3. The van der Waals surface area contributed by atoms with E-state index in [4.69, 9.17) is 5.11 Å². The number of carbonyl (C=O) groups excluding carboxylic acids is 1. The van der Waals surface area contributed by atoms with Crippen molar-refractivity contribution in [1.29, 1.82) is 0 Å². The van der Waals surface area contributed by atoms with Gasteiger partial charge in [0.15, 0.2) is 0 Å². The molecule has 5 heteroatoms. The molecule has 0 fully saturated rings. The van der Waals surface area contributed by atoms with Crippen LogP contribution in [0.1, 0.15) is 28.0 Å². The molecule has 2 rings (SSSR count). The molecule has 102 valence electrons. The summed E-state index contributed by atoms with van der Waals surface area (Å²) in [4.78, 5) is 12.9. The highest BCUT2D eigenvalue weighted by molar-refractivity contribution is 7.12. The van der Waals surface area contributed by atoms with Crippen LogP contribution < -0.4 is 5.32 Å². The summed E-state index contributed by atoms with van der Waals surface area (Å²) in [5.74, 6) is -0.140. The maximum absolute atomic E-state index is 12.2. The summed E-state index contributed by atoms with van der Waals surface area (Å²) in [5, 5.41) is 13.7. The molecule has 2 heterocycles. The molecule has 19 heavy (non-hydrogen) atoms. The summed E-state index contributed by atoms with van der Waals surface area (Å²) in [5.41, 5.74) is 3.09. The number of rotatable bonds is 4. The fourth-order valence-corrected chi connectivity index (χ4v) is 2.81. The molecule has 0 spiro atoms. The number of nitrogens with one attached hydrogen (secondary N) is 1. The highest BCUT2D eigenvalue weighted by atomic mass is 32.1. The maximum atomic E-state index is 12.2. The number of aryl methyl sites for hydroxylation is 2. The molecule has 1 unspecified atom stereocenters. The monoisotopic (exact) mass is 278 g/mol. The summed E-state index contributed by atoms with van der Waals surface area (Å²) in [6, 6.07) is 5.77. The first-order valence-corrected chi connectivity index (χ1v) is 7.07. The SMILES string of the molecule is Cc1ccc(C)n1-c1ccsc1C(=O)NC(C)CO. The van der Waals surface area contributed by atoms with Crippen LogP contribution in [0.25, 0.3) is 5.69 Å². The normalized spacial score (nSPS) is 12.4. The Hall–Kier alpha value is -1.59. The lowest BCUT2D eigenvalue weighted by molar-refractivity contribution is 0.0926. The van der Waals surface area contributed by atoms with Crippen molar-refractivity contribution < 1.29 is 9.90 Å². The smallest absolute Gasteiger partial charge is 0.263 e. The number of aliphatic hydroxyl groups is 1. The van der Waals surface area contributed by atoms with Gasteiger partial charge >= 0.3 is 0 Å². The van der Waals surface area contributed by atoms with Crippen molar-refractivity contribution in [3.05, 3.63) is 39.8 Å². The van der Waals surface area contributed by atoms with E-state index in [2.05, 4.69) is 9.88 Å². The lowest BCUT2D eigenvalue weighted by Crippen LogP contribution is -2.35. The first-order chi connectivity index (χ1) is 9.04. The van der Waals surface area contributed by atoms with Gasteiger partial charge in [-0.2, -0.15) is 0 Å². The molecule has 0 aliphatic rings. The Morgan fingerprint density at radius 2 is 2.00 bits per heavy atom. The van der Waals surface area contributed by atoms with Gasteiger partial charge in [-0.3, -0.25) is 4.79 Å². The average molecular weight is 278 g/mol. The van der Waals surface area contributed by atoms with Gasteiger partial charge < -0.3 is 15.0 Å². The van der Waals surface area contributed by atoms with Crippen LogP contribution in [-0.2, 0) is 0 Å². The molecule has 0 bridgehead atoms. The lowest BCUT2D eigenvalue weighted by Gasteiger charge is -2.13. The van der Waals surface area contributed by atoms with Gasteiger partial charge in [0.25, 0.3) is 5.91 Å². The number of hydrogen-bond donors (Lipinski definition) is 2. The second-order valence-electron chi connectivity index (χ2n) is 4.64. The molecule has 0 saturated carbocycles. The second kappa shape index (κ2) is 5.59. The minimum atomic E-state index is -0.241. The molecular weight excluding hydrogens is 260 g/mol. The fraction of sp³-hybridized carbons (Fsp3) is 0.357. The van der Waals surface area contributed by atoms with Crippen LogP contribution in [-0.4, -0.2) is 28.2 Å². The fourth-order valence-electron chi connectivity index (χ4n) is 2.03. The standard InChI is InChI=1S/C14H18N2O2S/c1-9(8-17)15-14(18)13-12(6-7-19-13)16-10(2)4-5-11(16)3/h4-7,9,17H,8H2,1-3H3,(H,15,18). The minimum absolute atomic E-state index is 0.0615. The van der Waals surface area contributed by atoms with Crippen molar-refractivity contribution in [3.8, 4) is 5.69 Å². The van der Waals surface area contributed by atoms with Crippen molar-refractivity contribution in [3.63, 3.8) is 0 Å². The van der Waals surface area contributed by atoms with E-state index in [0.717, 1.165) is 17.1 Å². The molecule has 2 N–H and O–H groups in total. The molecule has 0 aromatic carbocycles. The quantitative estimate of drug-likeness (QED) is 0.901. The number of carbonyl (C=O) groups is 1. The number of amides is 1. The Kier molecular flexibility index (Phi) is 4.07. The van der Waals surface area contributed by atoms with E-state index in [1.165, 1.54) is 11.3 Å². The molecule has 4 nitrogen and oxygen atoms in total. The van der Waals surface area contributed by atoms with Gasteiger partial charge in [0.1, 0.15) is 4.88 Å². The van der Waals surface area contributed by atoms with Crippen LogP contribution in [0, 0.1) is 13.8 Å². The third-order valence-corrected chi connectivity index (χ3v) is 3.92. The van der Waals surface area contributed by atoms with Crippen LogP contribution in [0.5, 0.6) is 0 Å². The molecule has 1 atom stereocenters. The van der Waals surface area contributed by atoms with Crippen molar-refractivity contribution in [2.75, 3.05) is 6.61 Å². The molecule has 2 aromatic rings. The lowest BCUT2D eigenvalue weighted by atomic mass is 10.3. The predicted molar refractivity (Wildman–Crippen MR) is 77.1 cm³/mol. The van der Waals surface area contributed by atoms with E-state index in [1.54, 1.807) is 6.92 Å². The Morgan fingerprint density at radius 1 is 1.37 bits per heavy atom. The van der Waals surface area contributed by atoms with Gasteiger partial charge in [-0.05, 0) is 44.4 Å². The molecule has 1 amide bonds. The van der Waals surface area contributed by atoms with Crippen molar-refractivity contribution in [2.24, 2.45) is 0 Å². The van der Waals surface area contributed by atoms with Gasteiger partial charge in [0.2, 0.25) is 0 Å². The van der Waals surface area contributed by atoms with Crippen LogP contribution >= 0.6 is 11.3 Å². The van der Waals surface area contributed by atoms with E-state index in [1.807, 2.05) is 37.4 Å². The van der Waals surface area contributed by atoms with E-state index < -0.39 is 0 Å². The Labute approximate surface area is 116 Å². The largest absolute Gasteiger partial charge is 0.394 e. The molecule has 0 radical (unpaired) electrons. The molecule has 0 saturated heterocycles. The third-order valence-electron chi connectivity index (χ3n) is 3.01. The first kappa shape index (κ1) is 13.8. The van der Waals surface area contributed by atoms with Gasteiger partial charge in [0.05, 0.1) is 12.3 Å². The van der Waals surface area contributed by atoms with Crippen molar-refractivity contribution >= 4 is 17.2 Å². The van der Waals surface area contributed by atoms with E-state index in [0.29, 0.717) is 4.88 Å². The molecule has 0 aliphatic heterocycles. The summed E-state index contributed by atoms with van der Waals surface area (Å²) < 4.78 is 2.06. The Balaban J connectivity index is 2.35. The van der Waals surface area contributed by atoms with Crippen molar-refractivity contribution in [1.82, 2.24) is 9.88 Å². The minimum Gasteiger partial charge on any atom is -0.394 e. The number of aromatic nitrogens is 1. The highest BCUT2D eigenvalue weighted by Crippen LogP contribution is 2.25. The van der Waals surface area contributed by atoms with E-state index in [9.17, 15) is 4.79 Å². The van der Waals surface area contributed by atoms with Crippen molar-refractivity contribution in [2.45, 2.75) is 26.8 Å². The number of hydrogen-bond acceptors (Lipinski definition) is 3. The third kappa shape index (κ3) is 2.72. The van der Waals surface area contributed by atoms with Gasteiger partial charge in [0, 0.05) is 17.4 Å². The first-order valence-electron chi connectivity index (χ1n) is 6.19. The maximum Gasteiger partial charge on any atom is 0.263 e. The predicted octanol–water partition coefficient (Wildman–Crippen LogP) is 2.27. The van der Waals surface area contributed by atoms with Crippen LogP contribution in [0.2, 0.25) is 0 Å². The zero-order chi connectivity index (χ0) is 14.0. The van der Waals surface area contributed by atoms with Crippen LogP contribution in [0.3, 0.4) is 0 Å². The van der Waals surface area contributed by atoms with Gasteiger partial charge in [-0.25, -0.2) is 0 Å². The van der Waals surface area contributed by atoms with Crippen LogP contribution in [0.4, 0.5) is 0 Å². The van der Waals surface area contributed by atoms with Gasteiger partial charge in [-0.15, -0.1) is 11.3 Å². The molecule has 2 aromatic heterocycles. The van der Waals surface area contributed by atoms with Gasteiger partial charge in [-0.1, -0.05) is 0 Å². The molecular formula is C14H18N2O2S. The Bertz CT molecular complexity index is 567. The number of aliphatic hydroxyl groups excluding tert-OH is 1. The van der Waals surface area contributed by atoms with E-state index in [-0.39, 0.29) is 18.6 Å². The van der Waals surface area contributed by atoms with Crippen LogP contribution in [0.15, 0.2) is 23.6 Å². The number of nitrogens with zero attached hydrogens (tertiary/aromatic N) is 1. The Morgan fingerprint density at radius 3 is 2.58 bits per heavy atom. The van der Waals surface area contributed by atoms with E-state index >= 15 is 0 Å². The molecule has 0 aliphatic carbocycles. The second-order valence-corrected chi connectivity index (χ2v) is 5.56. The zero-order valence-corrected chi connectivity index (χ0v) is 12.1. The average Bonchev–Trinajstić information content (AvgIpc) is 2.96. The summed E-state index contributed by atoms with van der Waals surface area (Å²) in [6.07, 6.45) is 0. The summed E-state index contributed by atoms with van der Waals surface area (Å²) in [6.45, 7) is 5.75. The highest BCUT2D eigenvalue weighted by Gasteiger charge is 2.17. The summed E-state index contributed by atoms with van der Waals surface area (Å²) in [7, 11) is 0. The topological polar surface area (TPSA) is 54.3 Å². The number of thiophene rings is 1. The summed E-state index contributed by atoms with van der Waals surface area (Å²) >= 11 is 1.41.